The summed E-state index contributed by atoms with van der Waals surface area (Å²) < 4.78 is 0. The second-order valence-electron chi connectivity index (χ2n) is 3.81. The van der Waals surface area contributed by atoms with Crippen molar-refractivity contribution in [2.75, 3.05) is 12.8 Å². The van der Waals surface area contributed by atoms with Crippen LogP contribution in [0.4, 0.5) is 5.69 Å². The first-order valence-corrected chi connectivity index (χ1v) is 5.22. The van der Waals surface area contributed by atoms with E-state index in [0.717, 1.165) is 5.39 Å². The van der Waals surface area contributed by atoms with Crippen molar-refractivity contribution in [3.8, 4) is 0 Å². The number of nitrogen functional groups attached to an aromatic ring is 1. The number of carbonyl (C=O) groups excluding carboxylic acids is 1. The van der Waals surface area contributed by atoms with Gasteiger partial charge >= 0.3 is 0 Å². The van der Waals surface area contributed by atoms with Crippen molar-refractivity contribution in [1.82, 2.24) is 10.3 Å². The van der Waals surface area contributed by atoms with Gasteiger partial charge in [0.15, 0.2) is 0 Å². The van der Waals surface area contributed by atoms with Gasteiger partial charge in [-0.15, -0.1) is 0 Å². The van der Waals surface area contributed by atoms with Crippen LogP contribution in [0.3, 0.4) is 0 Å². The molecule has 0 bridgehead atoms. The Morgan fingerprint density at radius 1 is 1.41 bits per heavy atom. The molecule has 0 saturated heterocycles. The second kappa shape index (κ2) is 4.29. The van der Waals surface area contributed by atoms with E-state index in [-0.39, 0.29) is 17.9 Å². The molecule has 0 fully saturated rings. The molecule has 0 spiro atoms. The third kappa shape index (κ3) is 2.28. The zero-order valence-electron chi connectivity index (χ0n) is 9.41. The summed E-state index contributed by atoms with van der Waals surface area (Å²) in [6, 6.07) is 6.67. The van der Waals surface area contributed by atoms with Gasteiger partial charge in [-0.1, -0.05) is 6.07 Å². The first-order valence-electron chi connectivity index (χ1n) is 5.22. The van der Waals surface area contributed by atoms with Crippen molar-refractivity contribution < 1.29 is 4.79 Å². The van der Waals surface area contributed by atoms with Gasteiger partial charge in [0, 0.05) is 24.2 Å². The number of nitrogens with one attached hydrogen (secondary N) is 2. The summed E-state index contributed by atoms with van der Waals surface area (Å²) >= 11 is 0. The third-order valence-electron chi connectivity index (χ3n) is 2.58. The molecule has 17 heavy (non-hydrogen) atoms. The highest BCUT2D eigenvalue weighted by Gasteiger charge is 2.07. The monoisotopic (exact) mass is 231 g/mol. The molecule has 88 valence electrons. The van der Waals surface area contributed by atoms with Crippen molar-refractivity contribution in [3.63, 3.8) is 0 Å². The summed E-state index contributed by atoms with van der Waals surface area (Å²) in [6.45, 7) is 0. The smallest absolute Gasteiger partial charge is 0.248 e. The van der Waals surface area contributed by atoms with Gasteiger partial charge in [0.05, 0.1) is 11.9 Å². The van der Waals surface area contributed by atoms with E-state index in [0.29, 0.717) is 16.8 Å². The van der Waals surface area contributed by atoms with Crippen molar-refractivity contribution in [2.24, 2.45) is 0 Å². The minimum atomic E-state index is -0.234. The average molecular weight is 231 g/mol. The fourth-order valence-corrected chi connectivity index (χ4v) is 1.76. The zero-order valence-corrected chi connectivity index (χ0v) is 9.41. The standard InChI is InChI=1S/C12H13N3O2/c1-14-11(16)4-7-5-12(17)15-10-6-8(13)2-3-9(7)10/h2-3,5-6H,4,13H2,1H3,(H,14,16)(H,15,17). The molecule has 1 aromatic heterocycles. The van der Waals surface area contributed by atoms with Gasteiger partial charge in [0.1, 0.15) is 0 Å². The molecule has 0 atom stereocenters. The molecule has 1 amide bonds. The fraction of sp³-hybridized carbons (Fsp3) is 0.167. The van der Waals surface area contributed by atoms with Crippen LogP contribution < -0.4 is 16.6 Å². The molecule has 0 aliphatic heterocycles. The Labute approximate surface area is 97.6 Å². The van der Waals surface area contributed by atoms with Crippen LogP contribution in [0.25, 0.3) is 10.9 Å². The van der Waals surface area contributed by atoms with Gasteiger partial charge < -0.3 is 16.0 Å². The van der Waals surface area contributed by atoms with E-state index in [1.54, 1.807) is 25.2 Å². The van der Waals surface area contributed by atoms with E-state index in [4.69, 9.17) is 5.73 Å². The van der Waals surface area contributed by atoms with E-state index in [1.807, 2.05) is 0 Å². The lowest BCUT2D eigenvalue weighted by Gasteiger charge is -2.06. The lowest BCUT2D eigenvalue weighted by molar-refractivity contribution is -0.119. The number of likely N-dealkylation sites (N-methyl/N-ethyl adjacent to an activating group) is 1. The van der Waals surface area contributed by atoms with Crippen molar-refractivity contribution in [2.45, 2.75) is 6.42 Å². The number of fused-ring (bicyclic) bond motifs is 1. The van der Waals surface area contributed by atoms with Gasteiger partial charge in [0.2, 0.25) is 11.5 Å². The van der Waals surface area contributed by atoms with Gasteiger partial charge in [0.25, 0.3) is 0 Å². The Morgan fingerprint density at radius 3 is 2.88 bits per heavy atom. The largest absolute Gasteiger partial charge is 0.399 e. The number of benzene rings is 1. The maximum Gasteiger partial charge on any atom is 0.248 e. The molecular weight excluding hydrogens is 218 g/mol. The molecule has 0 aliphatic rings. The summed E-state index contributed by atoms with van der Waals surface area (Å²) in [5.74, 6) is -0.131. The van der Waals surface area contributed by atoms with Crippen LogP contribution in [0.1, 0.15) is 5.56 Å². The third-order valence-corrected chi connectivity index (χ3v) is 2.58. The summed E-state index contributed by atoms with van der Waals surface area (Å²) in [7, 11) is 1.57. The first-order chi connectivity index (χ1) is 8.10. The van der Waals surface area contributed by atoms with Gasteiger partial charge in [-0.05, 0) is 17.7 Å². The lowest BCUT2D eigenvalue weighted by atomic mass is 10.1. The molecule has 1 aromatic carbocycles. The Balaban J connectivity index is 2.61. The molecular formula is C12H13N3O2. The maximum absolute atomic E-state index is 11.5. The van der Waals surface area contributed by atoms with Crippen LogP contribution in [0.15, 0.2) is 29.1 Å². The highest BCUT2D eigenvalue weighted by atomic mass is 16.1. The van der Waals surface area contributed by atoms with Crippen LogP contribution in [-0.2, 0) is 11.2 Å². The number of nitrogens with two attached hydrogens (primary N) is 1. The number of hydrogen-bond acceptors (Lipinski definition) is 3. The highest BCUT2D eigenvalue weighted by molar-refractivity contribution is 5.89. The maximum atomic E-state index is 11.5. The van der Waals surface area contributed by atoms with E-state index in [2.05, 4.69) is 10.3 Å². The Bertz CT molecular complexity index is 631. The number of aromatic amines is 1. The lowest BCUT2D eigenvalue weighted by Crippen LogP contribution is -2.21. The molecule has 0 saturated carbocycles. The number of anilines is 1. The molecule has 5 heteroatoms. The van der Waals surface area contributed by atoms with Gasteiger partial charge in [-0.3, -0.25) is 9.59 Å². The predicted octanol–water partition coefficient (Wildman–Crippen LogP) is 0.399. The van der Waals surface area contributed by atoms with Crippen molar-refractivity contribution in [1.29, 1.82) is 0 Å². The number of amides is 1. The molecule has 2 rings (SSSR count). The summed E-state index contributed by atoms with van der Waals surface area (Å²) in [5.41, 5.74) is 7.34. The minimum absolute atomic E-state index is 0.131. The first kappa shape index (κ1) is 11.2. The quantitative estimate of drug-likeness (QED) is 0.654. The number of carbonyl (C=O) groups is 1. The highest BCUT2D eigenvalue weighted by Crippen LogP contribution is 2.18. The van der Waals surface area contributed by atoms with Crippen molar-refractivity contribution >= 4 is 22.5 Å². The van der Waals surface area contributed by atoms with Gasteiger partial charge in [-0.2, -0.15) is 0 Å². The molecule has 4 N–H and O–H groups in total. The Hall–Kier alpha value is -2.30. The summed E-state index contributed by atoms with van der Waals surface area (Å²) in [5, 5.41) is 3.37. The molecule has 5 nitrogen and oxygen atoms in total. The number of rotatable bonds is 2. The van der Waals surface area contributed by atoms with Crippen molar-refractivity contribution in [3.05, 3.63) is 40.2 Å². The number of pyridine rings is 1. The Kier molecular flexibility index (Phi) is 2.82. The van der Waals surface area contributed by atoms with Crippen LogP contribution >= 0.6 is 0 Å². The summed E-state index contributed by atoms with van der Waals surface area (Å²) in [6.07, 6.45) is 0.181. The second-order valence-corrected chi connectivity index (χ2v) is 3.81. The van der Waals surface area contributed by atoms with E-state index < -0.39 is 0 Å². The normalized spacial score (nSPS) is 10.4. The minimum Gasteiger partial charge on any atom is -0.399 e. The van der Waals surface area contributed by atoms with E-state index in [1.165, 1.54) is 6.07 Å². The van der Waals surface area contributed by atoms with E-state index >= 15 is 0 Å². The number of aromatic nitrogens is 1. The number of H-pyrrole nitrogens is 1. The SMILES string of the molecule is CNC(=O)Cc1cc(=O)[nH]c2cc(N)ccc12. The summed E-state index contributed by atoms with van der Waals surface area (Å²) in [4.78, 5) is 25.5. The molecule has 0 radical (unpaired) electrons. The fourth-order valence-electron chi connectivity index (χ4n) is 1.76. The van der Waals surface area contributed by atoms with E-state index in [9.17, 15) is 9.59 Å². The number of hydrogen-bond donors (Lipinski definition) is 3. The molecule has 1 heterocycles. The zero-order chi connectivity index (χ0) is 12.4. The van der Waals surface area contributed by atoms with Crippen LogP contribution in [0.2, 0.25) is 0 Å². The molecule has 2 aromatic rings. The van der Waals surface area contributed by atoms with Gasteiger partial charge in [-0.25, -0.2) is 0 Å². The predicted molar refractivity (Wildman–Crippen MR) is 66.8 cm³/mol. The molecule has 0 unspecified atom stereocenters. The van der Waals surface area contributed by atoms with Crippen LogP contribution in [0, 0.1) is 0 Å². The molecule has 0 aliphatic carbocycles. The topological polar surface area (TPSA) is 88.0 Å². The van der Waals surface area contributed by atoms with Crippen LogP contribution in [0.5, 0.6) is 0 Å². The average Bonchev–Trinajstić information content (AvgIpc) is 2.27. The Morgan fingerprint density at radius 2 is 2.18 bits per heavy atom. The van der Waals surface area contributed by atoms with Crippen LogP contribution in [-0.4, -0.2) is 17.9 Å².